The first-order valence-corrected chi connectivity index (χ1v) is 10.0. The molecule has 7 heteroatoms. The second-order valence-corrected chi connectivity index (χ2v) is 8.17. The van der Waals surface area contributed by atoms with E-state index in [1.54, 1.807) is 30.1 Å². The first-order valence-electron chi connectivity index (χ1n) is 8.40. The van der Waals surface area contributed by atoms with Gasteiger partial charge in [-0.1, -0.05) is 42.1 Å². The van der Waals surface area contributed by atoms with Crippen LogP contribution < -0.4 is 10.6 Å². The van der Waals surface area contributed by atoms with E-state index in [0.717, 1.165) is 17.5 Å². The van der Waals surface area contributed by atoms with Crippen molar-refractivity contribution in [2.24, 2.45) is 4.99 Å². The first kappa shape index (κ1) is 21.7. The molecule has 0 fully saturated rings. The zero-order valence-corrected chi connectivity index (χ0v) is 19.3. The van der Waals surface area contributed by atoms with Crippen molar-refractivity contribution in [3.63, 3.8) is 0 Å². The molecule has 0 saturated carbocycles. The van der Waals surface area contributed by atoms with Gasteiger partial charge in [0.1, 0.15) is 5.01 Å². The minimum Gasteiger partial charge on any atom is -0.352 e. The molecular formula is C20H23IN4S2. The van der Waals surface area contributed by atoms with Crippen molar-refractivity contribution in [3.05, 3.63) is 76.2 Å². The minimum absolute atomic E-state index is 0. The molecule has 0 atom stereocenters. The standard InChI is InChI=1S/C20H22N4S2.HI/c1-15-12-22-19(25-15)14-24-20(21-2)23-13-16-8-10-18(11-9-16)26-17-6-4-3-5-7-17;/h3-12H,13-14H2,1-2H3,(H2,21,23,24);1H. The van der Waals surface area contributed by atoms with Gasteiger partial charge in [0.15, 0.2) is 5.96 Å². The number of aliphatic imine (C=N–C) groups is 1. The topological polar surface area (TPSA) is 49.3 Å². The molecule has 1 heterocycles. The monoisotopic (exact) mass is 510 g/mol. The van der Waals surface area contributed by atoms with Crippen LogP contribution in [0.4, 0.5) is 0 Å². The molecule has 4 nitrogen and oxygen atoms in total. The highest BCUT2D eigenvalue weighted by Crippen LogP contribution is 2.27. The number of guanidine groups is 1. The number of nitrogens with zero attached hydrogens (tertiary/aromatic N) is 2. The van der Waals surface area contributed by atoms with E-state index < -0.39 is 0 Å². The van der Waals surface area contributed by atoms with Crippen molar-refractivity contribution < 1.29 is 0 Å². The zero-order chi connectivity index (χ0) is 18.2. The van der Waals surface area contributed by atoms with Crippen LogP contribution in [0.15, 0.2) is 75.6 Å². The lowest BCUT2D eigenvalue weighted by Gasteiger charge is -2.11. The fourth-order valence-corrected chi connectivity index (χ4v) is 3.91. The Morgan fingerprint density at radius 1 is 1.00 bits per heavy atom. The lowest BCUT2D eigenvalue weighted by molar-refractivity contribution is 0.804. The third kappa shape index (κ3) is 7.15. The van der Waals surface area contributed by atoms with Crippen molar-refractivity contribution in [1.82, 2.24) is 15.6 Å². The third-order valence-corrected chi connectivity index (χ3v) is 5.59. The van der Waals surface area contributed by atoms with Gasteiger partial charge in [-0.05, 0) is 36.8 Å². The molecule has 0 spiro atoms. The van der Waals surface area contributed by atoms with E-state index in [0.29, 0.717) is 6.54 Å². The largest absolute Gasteiger partial charge is 0.352 e. The summed E-state index contributed by atoms with van der Waals surface area (Å²) in [5.41, 5.74) is 1.22. The van der Waals surface area contributed by atoms with Crippen LogP contribution in [0, 0.1) is 6.92 Å². The number of nitrogens with one attached hydrogen (secondary N) is 2. The quantitative estimate of drug-likeness (QED) is 0.276. The molecule has 0 saturated heterocycles. The molecule has 0 radical (unpaired) electrons. The number of hydrogen-bond acceptors (Lipinski definition) is 4. The number of benzene rings is 2. The van der Waals surface area contributed by atoms with Gasteiger partial charge in [0.25, 0.3) is 0 Å². The summed E-state index contributed by atoms with van der Waals surface area (Å²) in [6.07, 6.45) is 1.90. The highest BCUT2D eigenvalue weighted by Gasteiger charge is 2.02. The summed E-state index contributed by atoms with van der Waals surface area (Å²) < 4.78 is 0. The Kier molecular flexibility index (Phi) is 9.09. The van der Waals surface area contributed by atoms with Crippen LogP contribution in [0.2, 0.25) is 0 Å². The average Bonchev–Trinajstić information content (AvgIpc) is 3.09. The van der Waals surface area contributed by atoms with Gasteiger partial charge in [0.05, 0.1) is 6.54 Å². The van der Waals surface area contributed by atoms with Gasteiger partial charge in [-0.2, -0.15) is 0 Å². The van der Waals surface area contributed by atoms with Crippen molar-refractivity contribution in [3.8, 4) is 0 Å². The lowest BCUT2D eigenvalue weighted by Crippen LogP contribution is -2.36. The SMILES string of the molecule is CN=C(NCc1ccc(Sc2ccccc2)cc1)NCc1ncc(C)s1.I. The van der Waals surface area contributed by atoms with Gasteiger partial charge in [-0.15, -0.1) is 35.3 Å². The molecule has 0 amide bonds. The van der Waals surface area contributed by atoms with E-state index in [1.165, 1.54) is 20.2 Å². The number of halogens is 1. The third-order valence-electron chi connectivity index (χ3n) is 3.66. The molecule has 0 aliphatic carbocycles. The Morgan fingerprint density at radius 3 is 2.30 bits per heavy atom. The Hall–Kier alpha value is -1.58. The fourth-order valence-electron chi connectivity index (χ4n) is 2.35. The average molecular weight is 510 g/mol. The summed E-state index contributed by atoms with van der Waals surface area (Å²) >= 11 is 3.47. The Morgan fingerprint density at radius 2 is 1.67 bits per heavy atom. The summed E-state index contributed by atoms with van der Waals surface area (Å²) in [5, 5.41) is 7.70. The van der Waals surface area contributed by atoms with E-state index in [-0.39, 0.29) is 24.0 Å². The second kappa shape index (κ2) is 11.3. The predicted molar refractivity (Wildman–Crippen MR) is 126 cm³/mol. The lowest BCUT2D eigenvalue weighted by atomic mass is 10.2. The molecule has 3 aromatic rings. The molecule has 0 aliphatic heterocycles. The summed E-state index contributed by atoms with van der Waals surface area (Å²) in [7, 11) is 1.78. The van der Waals surface area contributed by atoms with E-state index in [1.807, 2.05) is 12.3 Å². The normalized spacial score (nSPS) is 11.0. The summed E-state index contributed by atoms with van der Waals surface area (Å²) in [5.74, 6) is 0.778. The molecule has 2 aromatic carbocycles. The molecule has 0 unspecified atom stereocenters. The molecular weight excluding hydrogens is 487 g/mol. The molecule has 0 aliphatic rings. The predicted octanol–water partition coefficient (Wildman–Crippen LogP) is 5.09. The van der Waals surface area contributed by atoms with E-state index >= 15 is 0 Å². The smallest absolute Gasteiger partial charge is 0.191 e. The van der Waals surface area contributed by atoms with Crippen molar-refractivity contribution in [2.75, 3.05) is 7.05 Å². The van der Waals surface area contributed by atoms with Crippen LogP contribution in [-0.2, 0) is 13.1 Å². The Labute approximate surface area is 185 Å². The van der Waals surface area contributed by atoms with Crippen LogP contribution >= 0.6 is 47.1 Å². The number of aromatic nitrogens is 1. The maximum Gasteiger partial charge on any atom is 0.191 e. The number of rotatable bonds is 6. The van der Waals surface area contributed by atoms with Crippen LogP contribution in [0.3, 0.4) is 0 Å². The van der Waals surface area contributed by atoms with E-state index in [4.69, 9.17) is 0 Å². The molecule has 3 rings (SSSR count). The van der Waals surface area contributed by atoms with Gasteiger partial charge in [0.2, 0.25) is 0 Å². The maximum atomic E-state index is 4.36. The molecule has 0 bridgehead atoms. The van der Waals surface area contributed by atoms with Gasteiger partial charge in [-0.3, -0.25) is 4.99 Å². The molecule has 142 valence electrons. The summed E-state index contributed by atoms with van der Waals surface area (Å²) in [6, 6.07) is 19.0. The van der Waals surface area contributed by atoms with Crippen LogP contribution in [-0.4, -0.2) is 18.0 Å². The van der Waals surface area contributed by atoms with Crippen LogP contribution in [0.25, 0.3) is 0 Å². The number of aryl methyl sites for hydroxylation is 1. The van der Waals surface area contributed by atoms with Crippen LogP contribution in [0.1, 0.15) is 15.4 Å². The van der Waals surface area contributed by atoms with Gasteiger partial charge in [0, 0.05) is 34.5 Å². The first-order chi connectivity index (χ1) is 12.7. The van der Waals surface area contributed by atoms with Crippen molar-refractivity contribution >= 4 is 53.0 Å². The molecule has 27 heavy (non-hydrogen) atoms. The van der Waals surface area contributed by atoms with Crippen molar-refractivity contribution in [2.45, 2.75) is 29.8 Å². The summed E-state index contributed by atoms with van der Waals surface area (Å²) in [4.78, 5) is 12.3. The Balaban J connectivity index is 0.00000261. The number of thiazole rings is 1. The van der Waals surface area contributed by atoms with Gasteiger partial charge < -0.3 is 10.6 Å². The van der Waals surface area contributed by atoms with Crippen LogP contribution in [0.5, 0.6) is 0 Å². The highest BCUT2D eigenvalue weighted by molar-refractivity contribution is 14.0. The Bertz CT molecular complexity index is 848. The molecule has 2 N–H and O–H groups in total. The van der Waals surface area contributed by atoms with E-state index in [9.17, 15) is 0 Å². The van der Waals surface area contributed by atoms with Gasteiger partial charge >= 0.3 is 0 Å². The highest BCUT2D eigenvalue weighted by atomic mass is 127. The van der Waals surface area contributed by atoms with Gasteiger partial charge in [-0.25, -0.2) is 4.98 Å². The number of hydrogen-bond donors (Lipinski definition) is 2. The second-order valence-electron chi connectivity index (χ2n) is 5.70. The van der Waals surface area contributed by atoms with E-state index in [2.05, 4.69) is 76.1 Å². The fraction of sp³-hybridized carbons (Fsp3) is 0.200. The maximum absolute atomic E-state index is 4.36. The minimum atomic E-state index is 0. The summed E-state index contributed by atoms with van der Waals surface area (Å²) in [6.45, 7) is 3.48. The van der Waals surface area contributed by atoms with Crippen molar-refractivity contribution in [1.29, 1.82) is 0 Å². The zero-order valence-electron chi connectivity index (χ0n) is 15.3. The molecule has 1 aromatic heterocycles.